The summed E-state index contributed by atoms with van der Waals surface area (Å²) in [6.07, 6.45) is 0.244. The van der Waals surface area contributed by atoms with Crippen molar-refractivity contribution in [1.29, 1.82) is 0 Å². The van der Waals surface area contributed by atoms with Gasteiger partial charge in [0, 0.05) is 24.0 Å². The summed E-state index contributed by atoms with van der Waals surface area (Å²) >= 11 is 6.14. The molecule has 0 spiro atoms. The summed E-state index contributed by atoms with van der Waals surface area (Å²) in [5.74, 6) is -0.837. The van der Waals surface area contributed by atoms with Gasteiger partial charge in [0.05, 0.1) is 10.6 Å². The molecule has 4 aromatic rings. The maximum atomic E-state index is 14.5. The Morgan fingerprint density at radius 3 is 2.05 bits per heavy atom. The minimum Gasteiger partial charge on any atom is -0.352 e. The second-order valence-electron chi connectivity index (χ2n) is 11.1. The Kier molecular flexibility index (Phi) is 10.8. The number of benzene rings is 4. The third kappa shape index (κ3) is 8.27. The van der Waals surface area contributed by atoms with E-state index in [1.807, 2.05) is 70.2 Å². The Labute approximate surface area is 265 Å². The Morgan fingerprint density at radius 1 is 0.818 bits per heavy atom. The van der Waals surface area contributed by atoms with Gasteiger partial charge >= 0.3 is 0 Å². The first-order chi connectivity index (χ1) is 21.0. The monoisotopic (exact) mass is 631 g/mol. The van der Waals surface area contributed by atoms with Crippen LogP contribution in [0.4, 0.5) is 5.69 Å². The summed E-state index contributed by atoms with van der Waals surface area (Å²) in [6, 6.07) is 29.0. The molecule has 1 atom stereocenters. The molecule has 2 amide bonds. The van der Waals surface area contributed by atoms with Crippen molar-refractivity contribution in [3.63, 3.8) is 0 Å². The number of carbonyl (C=O) groups is 2. The van der Waals surface area contributed by atoms with E-state index < -0.39 is 28.5 Å². The lowest BCUT2D eigenvalue weighted by Gasteiger charge is -2.34. The first kappa shape index (κ1) is 32.8. The van der Waals surface area contributed by atoms with E-state index in [0.717, 1.165) is 21.0 Å². The Bertz CT molecular complexity index is 1680. The van der Waals surface area contributed by atoms with Gasteiger partial charge in [0.1, 0.15) is 12.6 Å². The summed E-state index contributed by atoms with van der Waals surface area (Å²) in [4.78, 5) is 29.8. The lowest BCUT2D eigenvalue weighted by Crippen LogP contribution is -2.54. The number of rotatable bonds is 12. The molecule has 0 radical (unpaired) electrons. The molecule has 0 aliphatic carbocycles. The maximum Gasteiger partial charge on any atom is 0.264 e. The molecule has 4 rings (SSSR count). The highest BCUT2D eigenvalue weighted by atomic mass is 35.5. The minimum atomic E-state index is -4.16. The number of hydrogen-bond donors (Lipinski definition) is 1. The van der Waals surface area contributed by atoms with E-state index >= 15 is 0 Å². The summed E-state index contributed by atoms with van der Waals surface area (Å²) in [5.41, 5.74) is 3.57. The number of hydrogen-bond acceptors (Lipinski definition) is 4. The molecular formula is C35H38ClN3O4S. The number of halogens is 1. The van der Waals surface area contributed by atoms with Gasteiger partial charge in [-0.1, -0.05) is 84.4 Å². The Hall–Kier alpha value is -4.14. The number of sulfonamides is 1. The fourth-order valence-corrected chi connectivity index (χ4v) is 6.56. The zero-order valence-corrected chi connectivity index (χ0v) is 27.0. The van der Waals surface area contributed by atoms with E-state index in [1.165, 1.54) is 17.0 Å². The smallest absolute Gasteiger partial charge is 0.264 e. The molecular weight excluding hydrogens is 594 g/mol. The molecule has 4 aromatic carbocycles. The highest BCUT2D eigenvalue weighted by Crippen LogP contribution is 2.29. The summed E-state index contributed by atoms with van der Waals surface area (Å²) < 4.78 is 29.5. The predicted octanol–water partition coefficient (Wildman–Crippen LogP) is 6.32. The SMILES string of the molecule is Cc1ccc(C)c(N(CC(=O)N(Cc2ccc(Cl)cc2)C(Cc2ccccc2)C(=O)NC(C)C)S(=O)(=O)c2ccccc2)c1. The standard InChI is InChI=1S/C35H38ClN3O4S/c1-25(2)37-35(41)33(22-28-11-7-5-8-12-28)38(23-29-17-19-30(36)20-18-29)34(40)24-39(32-21-26(3)15-16-27(32)4)44(42,43)31-13-9-6-10-14-31/h5-21,25,33H,22-24H2,1-4H3,(H,37,41). The van der Waals surface area contributed by atoms with Crippen LogP contribution in [0, 0.1) is 13.8 Å². The molecule has 44 heavy (non-hydrogen) atoms. The minimum absolute atomic E-state index is 0.0661. The normalized spacial score (nSPS) is 12.0. The quantitative estimate of drug-likeness (QED) is 0.198. The lowest BCUT2D eigenvalue weighted by molar-refractivity contribution is -0.140. The fraction of sp³-hybridized carbons (Fsp3) is 0.257. The highest BCUT2D eigenvalue weighted by Gasteiger charge is 2.35. The zero-order valence-electron chi connectivity index (χ0n) is 25.4. The number of nitrogens with one attached hydrogen (secondary N) is 1. The van der Waals surface area contributed by atoms with Crippen molar-refractivity contribution in [1.82, 2.24) is 10.2 Å². The molecule has 7 nitrogen and oxygen atoms in total. The van der Waals surface area contributed by atoms with Crippen LogP contribution in [-0.2, 0) is 32.6 Å². The van der Waals surface area contributed by atoms with E-state index in [4.69, 9.17) is 11.6 Å². The average Bonchev–Trinajstić information content (AvgIpc) is 3.00. The van der Waals surface area contributed by atoms with Gasteiger partial charge < -0.3 is 10.2 Å². The molecule has 230 valence electrons. The second-order valence-corrected chi connectivity index (χ2v) is 13.4. The van der Waals surface area contributed by atoms with Gasteiger partial charge in [-0.25, -0.2) is 8.42 Å². The van der Waals surface area contributed by atoms with Crippen LogP contribution >= 0.6 is 11.6 Å². The molecule has 0 heterocycles. The summed E-state index contributed by atoms with van der Waals surface area (Å²) in [7, 11) is -4.16. The maximum absolute atomic E-state index is 14.5. The fourth-order valence-electron chi connectivity index (χ4n) is 4.94. The lowest BCUT2D eigenvalue weighted by atomic mass is 10.0. The topological polar surface area (TPSA) is 86.8 Å². The van der Waals surface area contributed by atoms with Gasteiger partial charge in [-0.3, -0.25) is 13.9 Å². The number of anilines is 1. The molecule has 1 unspecified atom stereocenters. The molecule has 1 N–H and O–H groups in total. The van der Waals surface area contributed by atoms with E-state index in [9.17, 15) is 18.0 Å². The van der Waals surface area contributed by atoms with Crippen LogP contribution in [0.25, 0.3) is 0 Å². The van der Waals surface area contributed by atoms with E-state index in [-0.39, 0.29) is 29.8 Å². The number of nitrogens with zero attached hydrogens (tertiary/aromatic N) is 2. The summed E-state index contributed by atoms with van der Waals surface area (Å²) in [5, 5.41) is 3.51. The molecule has 0 aliphatic rings. The van der Waals surface area contributed by atoms with Crippen molar-refractivity contribution in [3.8, 4) is 0 Å². The van der Waals surface area contributed by atoms with Gasteiger partial charge in [0.15, 0.2) is 0 Å². The van der Waals surface area contributed by atoms with Crippen LogP contribution in [-0.4, -0.2) is 43.8 Å². The Morgan fingerprint density at radius 2 is 1.43 bits per heavy atom. The summed E-state index contributed by atoms with van der Waals surface area (Å²) in [6.45, 7) is 6.97. The first-order valence-electron chi connectivity index (χ1n) is 14.5. The number of aryl methyl sites for hydroxylation is 2. The van der Waals surface area contributed by atoms with E-state index in [2.05, 4.69) is 5.32 Å². The van der Waals surface area contributed by atoms with Crippen LogP contribution in [0.1, 0.15) is 36.1 Å². The number of amides is 2. The van der Waals surface area contributed by atoms with Crippen LogP contribution in [0.2, 0.25) is 5.02 Å². The van der Waals surface area contributed by atoms with Crippen LogP contribution in [0.5, 0.6) is 0 Å². The van der Waals surface area contributed by atoms with Crippen LogP contribution in [0.3, 0.4) is 0 Å². The third-order valence-electron chi connectivity index (χ3n) is 7.21. The van der Waals surface area contributed by atoms with Crippen LogP contribution in [0.15, 0.2) is 108 Å². The van der Waals surface area contributed by atoms with Crippen molar-refractivity contribution in [2.75, 3.05) is 10.8 Å². The van der Waals surface area contributed by atoms with Gasteiger partial charge in [-0.05, 0) is 80.3 Å². The zero-order chi connectivity index (χ0) is 31.9. The van der Waals surface area contributed by atoms with Crippen molar-refractivity contribution in [3.05, 3.63) is 130 Å². The largest absolute Gasteiger partial charge is 0.352 e. The molecule has 9 heteroatoms. The van der Waals surface area contributed by atoms with Crippen molar-refractivity contribution in [2.45, 2.75) is 57.6 Å². The number of carbonyl (C=O) groups excluding carboxylic acids is 2. The van der Waals surface area contributed by atoms with Gasteiger partial charge in [0.25, 0.3) is 10.0 Å². The molecule has 0 aliphatic heterocycles. The molecule has 0 saturated carbocycles. The van der Waals surface area contributed by atoms with Gasteiger partial charge in [-0.2, -0.15) is 0 Å². The van der Waals surface area contributed by atoms with Crippen molar-refractivity contribution >= 4 is 39.1 Å². The van der Waals surface area contributed by atoms with Crippen molar-refractivity contribution < 1.29 is 18.0 Å². The van der Waals surface area contributed by atoms with Crippen molar-refractivity contribution in [2.24, 2.45) is 0 Å². The van der Waals surface area contributed by atoms with E-state index in [1.54, 1.807) is 48.5 Å². The second kappa shape index (κ2) is 14.6. The Balaban J connectivity index is 1.82. The molecule has 0 aromatic heterocycles. The van der Waals surface area contributed by atoms with E-state index in [0.29, 0.717) is 16.3 Å². The molecule has 0 fully saturated rings. The predicted molar refractivity (Wildman–Crippen MR) is 176 cm³/mol. The average molecular weight is 632 g/mol. The molecule has 0 bridgehead atoms. The highest BCUT2D eigenvalue weighted by molar-refractivity contribution is 7.92. The van der Waals surface area contributed by atoms with Gasteiger partial charge in [-0.15, -0.1) is 0 Å². The van der Waals surface area contributed by atoms with Crippen LogP contribution < -0.4 is 9.62 Å². The van der Waals surface area contributed by atoms with Gasteiger partial charge in [0.2, 0.25) is 11.8 Å². The first-order valence-corrected chi connectivity index (χ1v) is 16.3. The molecule has 0 saturated heterocycles. The third-order valence-corrected chi connectivity index (χ3v) is 9.24.